The van der Waals surface area contributed by atoms with Gasteiger partial charge in [-0.2, -0.15) is 0 Å². The van der Waals surface area contributed by atoms with Crippen LogP contribution in [0.25, 0.3) is 0 Å². The predicted octanol–water partition coefficient (Wildman–Crippen LogP) is 2.72. The number of hydrogen-bond acceptors (Lipinski definition) is 7. The first-order valence-electron chi connectivity index (χ1n) is 11.5. The van der Waals surface area contributed by atoms with Crippen LogP contribution in [0, 0.1) is 6.92 Å². The Bertz CT molecular complexity index is 998. The predicted molar refractivity (Wildman–Crippen MR) is 120 cm³/mol. The number of nitrogens with two attached hydrogens (primary N) is 2. The lowest BCUT2D eigenvalue weighted by molar-refractivity contribution is 0.392. The van der Waals surface area contributed by atoms with Gasteiger partial charge >= 0.3 is 0 Å². The topological polar surface area (TPSA) is 111 Å². The van der Waals surface area contributed by atoms with Gasteiger partial charge in [0.2, 0.25) is 0 Å². The molecule has 4 aliphatic heterocycles. The third-order valence-corrected chi connectivity index (χ3v) is 6.82. The van der Waals surface area contributed by atoms with E-state index in [9.17, 15) is 0 Å². The molecule has 0 saturated carbocycles. The van der Waals surface area contributed by atoms with Crippen LogP contribution in [0.2, 0.25) is 0 Å². The van der Waals surface area contributed by atoms with Gasteiger partial charge in [0.15, 0.2) is 0 Å². The highest BCUT2D eigenvalue weighted by Gasteiger charge is 2.34. The number of benzene rings is 2. The summed E-state index contributed by atoms with van der Waals surface area (Å²) in [5.41, 5.74) is 20.2. The fraction of sp³-hybridized carbons (Fsp3) is 0.520. The second-order valence-corrected chi connectivity index (χ2v) is 9.37. The number of anilines is 2. The van der Waals surface area contributed by atoms with Crippen molar-refractivity contribution in [3.8, 4) is 11.5 Å². The highest BCUT2D eigenvalue weighted by atomic mass is 16.6. The van der Waals surface area contributed by atoms with E-state index < -0.39 is 0 Å². The number of nitrogen functional groups attached to an aromatic ring is 2. The van der Waals surface area contributed by atoms with Gasteiger partial charge in [-0.15, -0.1) is 0 Å². The monoisotopic (exact) mass is 438 g/mol. The molecule has 0 amide bonds. The van der Waals surface area contributed by atoms with Crippen LogP contribution in [0.5, 0.6) is 11.5 Å². The van der Waals surface area contributed by atoms with Crippen LogP contribution in [0.15, 0.2) is 18.2 Å². The van der Waals surface area contributed by atoms with Crippen molar-refractivity contribution in [3.63, 3.8) is 0 Å². The van der Waals surface area contributed by atoms with Crippen molar-refractivity contribution in [2.75, 3.05) is 37.9 Å². The van der Waals surface area contributed by atoms with Crippen LogP contribution >= 0.6 is 0 Å². The summed E-state index contributed by atoms with van der Waals surface area (Å²) in [5, 5.41) is 0. The quantitative estimate of drug-likeness (QED) is 0.433. The first kappa shape index (κ1) is 20.3. The molecule has 7 heteroatoms. The van der Waals surface area contributed by atoms with Gasteiger partial charge in [-0.1, -0.05) is 6.07 Å². The largest absolute Gasteiger partial charge is 0.456 e. The summed E-state index contributed by atoms with van der Waals surface area (Å²) in [6, 6.07) is 5.84. The minimum absolute atomic E-state index is 0.192. The van der Waals surface area contributed by atoms with E-state index in [1.54, 1.807) is 0 Å². The number of ether oxygens (including phenoxy) is 5. The lowest BCUT2D eigenvalue weighted by atomic mass is 9.88. The second-order valence-electron chi connectivity index (χ2n) is 9.37. The van der Waals surface area contributed by atoms with Crippen LogP contribution in [0.4, 0.5) is 11.4 Å². The molecular formula is C25H30N2O5. The molecule has 0 aromatic heterocycles. The second kappa shape index (κ2) is 7.92. The molecule has 4 aliphatic rings. The SMILES string of the molecule is Cc1c(CC2CO2)c(N)c(CC2CO2)c(Oc2cccc(N)c2CC2CO2)c1CC1CO1. The molecule has 0 radical (unpaired) electrons. The minimum atomic E-state index is 0.192. The van der Waals surface area contributed by atoms with Crippen LogP contribution in [-0.2, 0) is 44.6 Å². The summed E-state index contributed by atoms with van der Waals surface area (Å²) >= 11 is 0. The number of rotatable bonds is 10. The molecule has 7 nitrogen and oxygen atoms in total. The Kier molecular flexibility index (Phi) is 5.02. The third kappa shape index (κ3) is 4.30. The molecule has 4 atom stereocenters. The Labute approximate surface area is 187 Å². The summed E-state index contributed by atoms with van der Waals surface area (Å²) in [7, 11) is 0. The van der Waals surface area contributed by atoms with Crippen molar-refractivity contribution >= 4 is 11.4 Å². The van der Waals surface area contributed by atoms with E-state index >= 15 is 0 Å². The maximum absolute atomic E-state index is 6.80. The summed E-state index contributed by atoms with van der Waals surface area (Å²) < 4.78 is 28.9. The molecule has 170 valence electrons. The summed E-state index contributed by atoms with van der Waals surface area (Å²) in [6.45, 7) is 5.27. The van der Waals surface area contributed by atoms with E-state index in [-0.39, 0.29) is 24.4 Å². The molecule has 32 heavy (non-hydrogen) atoms. The standard InChI is InChI=1S/C25H30N2O5/c1-13-18(5-14-9-28-14)24(27)21(8-17-12-31-17)25(19(13)6-15-10-29-15)32-23-4-2-3-22(26)20(23)7-16-11-30-16/h2-4,14-17H,5-12,26-27H2,1H3. The number of epoxide rings is 4. The summed E-state index contributed by atoms with van der Waals surface area (Å²) in [5.74, 6) is 1.61. The Hall–Kier alpha value is -2.32. The van der Waals surface area contributed by atoms with Crippen molar-refractivity contribution in [1.29, 1.82) is 0 Å². The lowest BCUT2D eigenvalue weighted by Gasteiger charge is -2.24. The van der Waals surface area contributed by atoms with E-state index in [0.717, 1.165) is 86.1 Å². The average molecular weight is 439 g/mol. The minimum Gasteiger partial charge on any atom is -0.456 e. The van der Waals surface area contributed by atoms with Crippen molar-refractivity contribution in [2.24, 2.45) is 0 Å². The van der Waals surface area contributed by atoms with Crippen LogP contribution in [-0.4, -0.2) is 50.8 Å². The van der Waals surface area contributed by atoms with Gasteiger partial charge in [0.25, 0.3) is 0 Å². The fourth-order valence-electron chi connectivity index (χ4n) is 4.54. The van der Waals surface area contributed by atoms with Gasteiger partial charge < -0.3 is 35.2 Å². The summed E-state index contributed by atoms with van der Waals surface area (Å²) in [4.78, 5) is 0. The Morgan fingerprint density at radius 3 is 1.81 bits per heavy atom. The Morgan fingerprint density at radius 1 is 0.750 bits per heavy atom. The van der Waals surface area contributed by atoms with Gasteiger partial charge in [0.05, 0.1) is 50.8 Å². The smallest absolute Gasteiger partial charge is 0.136 e. The Morgan fingerprint density at radius 2 is 1.25 bits per heavy atom. The van der Waals surface area contributed by atoms with Gasteiger partial charge in [0, 0.05) is 53.7 Å². The first-order valence-corrected chi connectivity index (χ1v) is 11.5. The molecule has 4 unspecified atom stereocenters. The van der Waals surface area contributed by atoms with Crippen molar-refractivity contribution in [1.82, 2.24) is 0 Å². The maximum Gasteiger partial charge on any atom is 0.136 e. The molecule has 2 aromatic rings. The zero-order chi connectivity index (χ0) is 21.8. The highest BCUT2D eigenvalue weighted by Crippen LogP contribution is 2.44. The van der Waals surface area contributed by atoms with E-state index in [1.165, 1.54) is 16.7 Å². The van der Waals surface area contributed by atoms with Crippen LogP contribution in [0.3, 0.4) is 0 Å². The molecule has 4 N–H and O–H groups in total. The van der Waals surface area contributed by atoms with E-state index in [4.69, 9.17) is 35.2 Å². The molecule has 4 saturated heterocycles. The molecule has 0 spiro atoms. The molecule has 0 bridgehead atoms. The summed E-state index contributed by atoms with van der Waals surface area (Å²) in [6.07, 6.45) is 4.02. The molecule has 4 fully saturated rings. The highest BCUT2D eigenvalue weighted by molar-refractivity contribution is 5.68. The first-order chi connectivity index (χ1) is 15.6. The zero-order valence-electron chi connectivity index (χ0n) is 18.4. The fourth-order valence-corrected chi connectivity index (χ4v) is 4.54. The zero-order valence-corrected chi connectivity index (χ0v) is 18.4. The van der Waals surface area contributed by atoms with E-state index in [0.29, 0.717) is 0 Å². The van der Waals surface area contributed by atoms with Crippen molar-refractivity contribution in [2.45, 2.75) is 57.0 Å². The molecule has 2 aromatic carbocycles. The maximum atomic E-state index is 6.80. The average Bonchev–Trinajstić information content (AvgIpc) is 3.62. The van der Waals surface area contributed by atoms with E-state index in [1.807, 2.05) is 18.2 Å². The van der Waals surface area contributed by atoms with Crippen LogP contribution in [0.1, 0.15) is 27.8 Å². The van der Waals surface area contributed by atoms with E-state index in [2.05, 4.69) is 6.92 Å². The molecular weight excluding hydrogens is 408 g/mol. The molecule has 4 heterocycles. The van der Waals surface area contributed by atoms with Crippen molar-refractivity contribution in [3.05, 3.63) is 46.0 Å². The van der Waals surface area contributed by atoms with Gasteiger partial charge in [-0.3, -0.25) is 0 Å². The van der Waals surface area contributed by atoms with Crippen molar-refractivity contribution < 1.29 is 23.7 Å². The normalized spacial score (nSPS) is 27.3. The lowest BCUT2D eigenvalue weighted by Crippen LogP contribution is -2.14. The molecule has 0 aliphatic carbocycles. The molecule has 6 rings (SSSR count). The van der Waals surface area contributed by atoms with Gasteiger partial charge in [-0.05, 0) is 30.2 Å². The van der Waals surface area contributed by atoms with Crippen LogP contribution < -0.4 is 16.2 Å². The van der Waals surface area contributed by atoms with Gasteiger partial charge in [-0.25, -0.2) is 0 Å². The van der Waals surface area contributed by atoms with Gasteiger partial charge in [0.1, 0.15) is 11.5 Å². The number of hydrogen-bond donors (Lipinski definition) is 2. The third-order valence-electron chi connectivity index (χ3n) is 6.82. The Balaban J connectivity index is 1.45.